The van der Waals surface area contributed by atoms with E-state index >= 15 is 0 Å². The van der Waals surface area contributed by atoms with Crippen LogP contribution in [0.4, 0.5) is 0 Å². The van der Waals surface area contributed by atoms with Crippen LogP contribution < -0.4 is 0 Å². The van der Waals surface area contributed by atoms with Crippen molar-refractivity contribution in [1.82, 2.24) is 19.0 Å². The van der Waals surface area contributed by atoms with Gasteiger partial charge in [-0.2, -0.15) is 9.40 Å². The van der Waals surface area contributed by atoms with E-state index in [2.05, 4.69) is 10.00 Å². The Hall–Kier alpha value is -0.960. The maximum Gasteiger partial charge on any atom is 0.260 e. The van der Waals surface area contributed by atoms with E-state index in [1.54, 1.807) is 17.4 Å². The van der Waals surface area contributed by atoms with E-state index in [9.17, 15) is 8.42 Å². The quantitative estimate of drug-likeness (QED) is 0.795. The molecule has 2 saturated heterocycles. The van der Waals surface area contributed by atoms with Gasteiger partial charge in [0.25, 0.3) is 10.0 Å². The highest BCUT2D eigenvalue weighted by molar-refractivity contribution is 7.89. The van der Waals surface area contributed by atoms with Gasteiger partial charge in [-0.25, -0.2) is 8.42 Å². The molecular weight excluding hydrogens is 328 g/mol. The van der Waals surface area contributed by atoms with E-state index in [1.807, 2.05) is 6.92 Å². The summed E-state index contributed by atoms with van der Waals surface area (Å²) in [6, 6.07) is 2.25. The lowest BCUT2D eigenvalue weighted by Gasteiger charge is -2.47. The second kappa shape index (κ2) is 5.79. The molecule has 1 unspecified atom stereocenters. The van der Waals surface area contributed by atoms with Crippen LogP contribution in [0.3, 0.4) is 0 Å². The zero-order chi connectivity index (χ0) is 16.9. The number of sulfonamides is 1. The molecule has 7 nitrogen and oxygen atoms in total. The van der Waals surface area contributed by atoms with Crippen molar-refractivity contribution in [3.8, 4) is 0 Å². The Balaban J connectivity index is 1.42. The number of nitrogens with zero attached hydrogens (tertiary/aromatic N) is 4. The van der Waals surface area contributed by atoms with E-state index < -0.39 is 10.0 Å². The van der Waals surface area contributed by atoms with E-state index in [1.165, 1.54) is 11.1 Å². The molecule has 0 bridgehead atoms. The summed E-state index contributed by atoms with van der Waals surface area (Å²) < 4.78 is 34.2. The summed E-state index contributed by atoms with van der Waals surface area (Å²) in [5.74, 6) is 0. The lowest BCUT2D eigenvalue weighted by atomic mass is 9.80. The molecule has 1 aromatic rings. The standard InChI is InChI=1S/C16H26N4O3S/c1-13-9-15(18(2)17-13)24(21,22)20-11-16(12-20)4-3-14(10-16)19-5-7-23-8-6-19/h9,14H,3-8,10-12H2,1-2H3. The molecule has 1 atom stereocenters. The van der Waals surface area contributed by atoms with Gasteiger partial charge in [0.15, 0.2) is 5.03 Å². The minimum atomic E-state index is -3.42. The number of aromatic nitrogens is 2. The Kier molecular flexibility index (Phi) is 3.98. The van der Waals surface area contributed by atoms with Crippen molar-refractivity contribution in [3.63, 3.8) is 0 Å². The van der Waals surface area contributed by atoms with E-state index in [0.29, 0.717) is 24.2 Å². The van der Waals surface area contributed by atoms with Crippen molar-refractivity contribution in [2.75, 3.05) is 39.4 Å². The van der Waals surface area contributed by atoms with Crippen LogP contribution in [-0.4, -0.2) is 72.8 Å². The third kappa shape index (κ3) is 2.69. The molecule has 3 fully saturated rings. The number of ether oxygens (including phenoxy) is 1. The van der Waals surface area contributed by atoms with Gasteiger partial charge in [-0.3, -0.25) is 9.58 Å². The molecule has 0 amide bonds. The van der Waals surface area contributed by atoms with Gasteiger partial charge in [-0.05, 0) is 37.7 Å². The predicted molar refractivity (Wildman–Crippen MR) is 89.2 cm³/mol. The molecule has 0 radical (unpaired) electrons. The highest BCUT2D eigenvalue weighted by Crippen LogP contribution is 2.48. The molecule has 0 aromatic carbocycles. The summed E-state index contributed by atoms with van der Waals surface area (Å²) in [4.78, 5) is 2.53. The van der Waals surface area contributed by atoms with Crippen LogP contribution in [0.1, 0.15) is 25.0 Å². The number of morpholine rings is 1. The summed E-state index contributed by atoms with van der Waals surface area (Å²) >= 11 is 0. The van der Waals surface area contributed by atoms with E-state index in [-0.39, 0.29) is 5.41 Å². The normalized spacial score (nSPS) is 28.3. The van der Waals surface area contributed by atoms with Crippen LogP contribution in [0, 0.1) is 12.3 Å². The summed E-state index contributed by atoms with van der Waals surface area (Å²) in [7, 11) is -1.72. The van der Waals surface area contributed by atoms with Crippen LogP contribution in [0.2, 0.25) is 0 Å². The van der Waals surface area contributed by atoms with Crippen LogP contribution in [0.25, 0.3) is 0 Å². The van der Waals surface area contributed by atoms with E-state index in [0.717, 1.165) is 44.8 Å². The SMILES string of the molecule is Cc1cc(S(=O)(=O)N2CC3(CCC(N4CCOCC4)C3)C2)n(C)n1. The number of hydrogen-bond acceptors (Lipinski definition) is 5. The van der Waals surface area contributed by atoms with Crippen molar-refractivity contribution in [3.05, 3.63) is 11.8 Å². The van der Waals surface area contributed by atoms with Crippen LogP contribution in [0.5, 0.6) is 0 Å². The molecule has 24 heavy (non-hydrogen) atoms. The molecule has 3 heterocycles. The van der Waals surface area contributed by atoms with Crippen molar-refractivity contribution >= 4 is 10.0 Å². The number of rotatable bonds is 3. The second-order valence-electron chi connectivity index (χ2n) is 7.57. The first-order chi connectivity index (χ1) is 11.4. The van der Waals surface area contributed by atoms with Crippen molar-refractivity contribution in [1.29, 1.82) is 0 Å². The number of hydrogen-bond donors (Lipinski definition) is 0. The van der Waals surface area contributed by atoms with E-state index in [4.69, 9.17) is 4.74 Å². The molecule has 4 rings (SSSR count). The molecule has 1 spiro atoms. The number of aryl methyl sites for hydroxylation is 2. The van der Waals surface area contributed by atoms with Crippen molar-refractivity contribution in [2.45, 2.75) is 37.3 Å². The Bertz CT molecular complexity index is 718. The van der Waals surface area contributed by atoms with Gasteiger partial charge in [0.2, 0.25) is 0 Å². The highest BCUT2D eigenvalue weighted by atomic mass is 32.2. The van der Waals surface area contributed by atoms with Crippen LogP contribution in [-0.2, 0) is 21.8 Å². The van der Waals surface area contributed by atoms with Crippen LogP contribution >= 0.6 is 0 Å². The smallest absolute Gasteiger partial charge is 0.260 e. The monoisotopic (exact) mass is 354 g/mol. The first kappa shape index (κ1) is 16.5. The lowest BCUT2D eigenvalue weighted by Crippen LogP contribution is -2.58. The third-order valence-corrected chi connectivity index (χ3v) is 7.67. The van der Waals surface area contributed by atoms with Gasteiger partial charge in [0, 0.05) is 39.3 Å². The Labute approximate surface area is 143 Å². The summed E-state index contributed by atoms with van der Waals surface area (Å²) in [6.07, 6.45) is 3.42. The van der Waals surface area contributed by atoms with Gasteiger partial charge in [-0.1, -0.05) is 0 Å². The molecule has 1 aromatic heterocycles. The molecule has 0 N–H and O–H groups in total. The van der Waals surface area contributed by atoms with Gasteiger partial charge >= 0.3 is 0 Å². The van der Waals surface area contributed by atoms with Crippen molar-refractivity contribution in [2.24, 2.45) is 12.5 Å². The minimum Gasteiger partial charge on any atom is -0.379 e. The maximum atomic E-state index is 12.8. The Morgan fingerprint density at radius 1 is 1.29 bits per heavy atom. The minimum absolute atomic E-state index is 0.184. The predicted octanol–water partition coefficient (Wildman–Crippen LogP) is 0.604. The Morgan fingerprint density at radius 3 is 2.62 bits per heavy atom. The zero-order valence-electron chi connectivity index (χ0n) is 14.4. The molecule has 3 aliphatic rings. The summed E-state index contributed by atoms with van der Waals surface area (Å²) in [6.45, 7) is 6.79. The fourth-order valence-electron chi connectivity index (χ4n) is 4.55. The van der Waals surface area contributed by atoms with Gasteiger partial charge in [-0.15, -0.1) is 0 Å². The van der Waals surface area contributed by atoms with Crippen molar-refractivity contribution < 1.29 is 13.2 Å². The molecule has 134 valence electrons. The zero-order valence-corrected chi connectivity index (χ0v) is 15.3. The summed E-state index contributed by atoms with van der Waals surface area (Å²) in [5.41, 5.74) is 0.920. The first-order valence-corrected chi connectivity index (χ1v) is 10.2. The van der Waals surface area contributed by atoms with Gasteiger partial charge in [0.05, 0.1) is 18.9 Å². The first-order valence-electron chi connectivity index (χ1n) is 8.72. The molecule has 2 aliphatic heterocycles. The van der Waals surface area contributed by atoms with Crippen LogP contribution in [0.15, 0.2) is 11.1 Å². The highest BCUT2D eigenvalue weighted by Gasteiger charge is 2.53. The maximum absolute atomic E-state index is 12.8. The Morgan fingerprint density at radius 2 is 2.00 bits per heavy atom. The summed E-state index contributed by atoms with van der Waals surface area (Å²) in [5, 5.41) is 4.48. The fourth-order valence-corrected chi connectivity index (χ4v) is 6.40. The fraction of sp³-hybridized carbons (Fsp3) is 0.812. The third-order valence-electron chi connectivity index (χ3n) is 5.83. The second-order valence-corrected chi connectivity index (χ2v) is 9.45. The van der Waals surface area contributed by atoms with Gasteiger partial charge in [0.1, 0.15) is 0 Å². The largest absolute Gasteiger partial charge is 0.379 e. The molecular formula is C16H26N4O3S. The molecule has 1 saturated carbocycles. The topological polar surface area (TPSA) is 67.7 Å². The molecule has 8 heteroatoms. The van der Waals surface area contributed by atoms with Gasteiger partial charge < -0.3 is 4.74 Å². The molecule has 1 aliphatic carbocycles. The lowest BCUT2D eigenvalue weighted by molar-refractivity contribution is 0.00811. The average molecular weight is 354 g/mol. The average Bonchev–Trinajstić information content (AvgIpc) is 3.11.